The molecule has 16 heavy (non-hydrogen) atoms. The second-order valence-corrected chi connectivity index (χ2v) is 6.02. The van der Waals surface area contributed by atoms with Crippen molar-refractivity contribution in [1.29, 1.82) is 0 Å². The quantitative estimate of drug-likeness (QED) is 0.861. The van der Waals surface area contributed by atoms with Crippen LogP contribution in [-0.2, 0) is 17.8 Å². The van der Waals surface area contributed by atoms with Crippen LogP contribution in [0, 0.1) is 8.99 Å². The van der Waals surface area contributed by atoms with Crippen LogP contribution in [0.15, 0.2) is 4.79 Å². The molecule has 1 aromatic rings. The summed E-state index contributed by atoms with van der Waals surface area (Å²) in [5, 5.41) is 0. The molecule has 0 bridgehead atoms. The number of halogens is 1. The summed E-state index contributed by atoms with van der Waals surface area (Å²) in [4.78, 5) is 18.9. The lowest BCUT2D eigenvalue weighted by atomic mass is 9.92. The van der Waals surface area contributed by atoms with Gasteiger partial charge in [-0.2, -0.15) is 0 Å². The minimum atomic E-state index is -0.0816. The Hall–Kier alpha value is -0.430. The predicted molar refractivity (Wildman–Crippen MR) is 71.4 cm³/mol. The van der Waals surface area contributed by atoms with E-state index in [4.69, 9.17) is 4.74 Å². The Morgan fingerprint density at radius 2 is 2.06 bits per heavy atom. The smallest absolute Gasteiger partial charge is 0.264 e. The molecule has 1 N–H and O–H groups in total. The highest BCUT2D eigenvalue weighted by atomic mass is 127. The van der Waals surface area contributed by atoms with Gasteiger partial charge in [-0.15, -0.1) is 0 Å². The lowest BCUT2D eigenvalue weighted by Gasteiger charge is -2.17. The van der Waals surface area contributed by atoms with Crippen molar-refractivity contribution in [3.8, 4) is 0 Å². The predicted octanol–water partition coefficient (Wildman–Crippen LogP) is 2.11. The van der Waals surface area contributed by atoms with Crippen LogP contribution in [0.25, 0.3) is 0 Å². The molecule has 0 aliphatic carbocycles. The zero-order valence-electron chi connectivity index (χ0n) is 10.1. The molecule has 0 atom stereocenters. The van der Waals surface area contributed by atoms with E-state index >= 15 is 0 Å². The summed E-state index contributed by atoms with van der Waals surface area (Å²) in [7, 11) is 1.60. The fourth-order valence-electron chi connectivity index (χ4n) is 1.38. The van der Waals surface area contributed by atoms with Gasteiger partial charge in [-0.3, -0.25) is 4.79 Å². The molecule has 1 heterocycles. The Labute approximate surface area is 109 Å². The molecule has 0 aromatic carbocycles. The molecule has 1 aromatic heterocycles. The molecule has 0 aliphatic heterocycles. The summed E-state index contributed by atoms with van der Waals surface area (Å²) in [5.41, 5.74) is 0.737. The molecule has 5 heteroatoms. The first kappa shape index (κ1) is 13.6. The Bertz CT molecular complexity index is 421. The van der Waals surface area contributed by atoms with Crippen molar-refractivity contribution in [3.05, 3.63) is 25.4 Å². The van der Waals surface area contributed by atoms with E-state index in [9.17, 15) is 4.79 Å². The molecule has 4 nitrogen and oxygen atoms in total. The summed E-state index contributed by atoms with van der Waals surface area (Å²) in [6.07, 6.45) is 0.746. The molecule has 90 valence electrons. The van der Waals surface area contributed by atoms with E-state index in [-0.39, 0.29) is 11.0 Å². The summed E-state index contributed by atoms with van der Waals surface area (Å²) >= 11 is 2.00. The van der Waals surface area contributed by atoms with Crippen molar-refractivity contribution in [1.82, 2.24) is 9.97 Å². The minimum Gasteiger partial charge on any atom is -0.378 e. The molecule has 0 aliphatic rings. The van der Waals surface area contributed by atoms with Crippen LogP contribution in [0.1, 0.15) is 32.3 Å². The highest BCUT2D eigenvalue weighted by Gasteiger charge is 2.15. The maximum atomic E-state index is 11.7. The number of hydrogen-bond donors (Lipinski definition) is 1. The van der Waals surface area contributed by atoms with Crippen LogP contribution in [-0.4, -0.2) is 17.1 Å². The second-order valence-electron chi connectivity index (χ2n) is 4.94. The number of aromatic nitrogens is 2. The first-order valence-corrected chi connectivity index (χ1v) is 6.18. The molecule has 1 rings (SSSR count). The molecule has 0 amide bonds. The summed E-state index contributed by atoms with van der Waals surface area (Å²) in [6.45, 7) is 6.71. The van der Waals surface area contributed by atoms with Gasteiger partial charge in [-0.25, -0.2) is 4.98 Å². The Morgan fingerprint density at radius 3 is 2.56 bits per heavy atom. The van der Waals surface area contributed by atoms with Crippen molar-refractivity contribution in [3.63, 3.8) is 0 Å². The van der Waals surface area contributed by atoms with Gasteiger partial charge in [0.05, 0.1) is 12.3 Å². The lowest BCUT2D eigenvalue weighted by molar-refractivity contribution is 0.180. The van der Waals surface area contributed by atoms with Crippen LogP contribution in [0.5, 0.6) is 0 Å². The van der Waals surface area contributed by atoms with Gasteiger partial charge in [0.1, 0.15) is 9.39 Å². The second kappa shape index (κ2) is 5.27. The third-order valence-electron chi connectivity index (χ3n) is 1.96. The number of aromatic amines is 1. The molecule has 0 radical (unpaired) electrons. The third-order valence-corrected chi connectivity index (χ3v) is 3.07. The van der Waals surface area contributed by atoms with E-state index in [1.165, 1.54) is 0 Å². The van der Waals surface area contributed by atoms with E-state index in [1.54, 1.807) is 7.11 Å². The van der Waals surface area contributed by atoms with Crippen LogP contribution in [0.4, 0.5) is 0 Å². The van der Waals surface area contributed by atoms with Gasteiger partial charge in [0.2, 0.25) is 0 Å². The molecular weight excluding hydrogens is 319 g/mol. The van der Waals surface area contributed by atoms with Crippen LogP contribution in [0.3, 0.4) is 0 Å². The van der Waals surface area contributed by atoms with E-state index in [0.717, 1.165) is 12.2 Å². The summed E-state index contributed by atoms with van der Waals surface area (Å²) in [5.74, 6) is 0.727. The molecule has 0 saturated carbocycles. The average molecular weight is 336 g/mol. The van der Waals surface area contributed by atoms with Gasteiger partial charge in [-0.05, 0) is 28.0 Å². The maximum absolute atomic E-state index is 11.7. The SMILES string of the molecule is COCc1nc(CC(C)(C)C)[nH]c(=O)c1I. The summed E-state index contributed by atoms with van der Waals surface area (Å²) in [6, 6.07) is 0. The van der Waals surface area contributed by atoms with Crippen molar-refractivity contribution < 1.29 is 4.74 Å². The van der Waals surface area contributed by atoms with E-state index in [1.807, 2.05) is 22.6 Å². The van der Waals surface area contributed by atoms with E-state index < -0.39 is 0 Å². The average Bonchev–Trinajstić information content (AvgIpc) is 2.11. The van der Waals surface area contributed by atoms with Crippen molar-refractivity contribution in [2.24, 2.45) is 5.41 Å². The van der Waals surface area contributed by atoms with Crippen molar-refractivity contribution in [2.75, 3.05) is 7.11 Å². The van der Waals surface area contributed by atoms with Gasteiger partial charge < -0.3 is 9.72 Å². The first-order chi connectivity index (χ1) is 7.33. The molecule has 0 unspecified atom stereocenters. The summed E-state index contributed by atoms with van der Waals surface area (Å²) < 4.78 is 5.64. The van der Waals surface area contributed by atoms with Gasteiger partial charge in [-0.1, -0.05) is 20.8 Å². The largest absolute Gasteiger partial charge is 0.378 e. The molecule has 0 saturated heterocycles. The fourth-order valence-corrected chi connectivity index (χ4v) is 1.79. The molecular formula is C11H17IN2O2. The standard InChI is InChI=1S/C11H17IN2O2/c1-11(2,3)5-8-13-7(6-16-4)9(12)10(15)14-8/h5-6H2,1-4H3,(H,13,14,15). The number of H-pyrrole nitrogens is 1. The monoisotopic (exact) mass is 336 g/mol. The number of methoxy groups -OCH3 is 1. The normalized spacial score (nSPS) is 11.8. The van der Waals surface area contributed by atoms with Gasteiger partial charge >= 0.3 is 0 Å². The number of nitrogens with zero attached hydrogens (tertiary/aromatic N) is 1. The number of ether oxygens (including phenoxy) is 1. The minimum absolute atomic E-state index is 0.0816. The van der Waals surface area contributed by atoms with Gasteiger partial charge in [0, 0.05) is 13.5 Å². The van der Waals surface area contributed by atoms with Crippen LogP contribution in [0.2, 0.25) is 0 Å². The maximum Gasteiger partial charge on any atom is 0.264 e. The number of nitrogens with one attached hydrogen (secondary N) is 1. The Balaban J connectivity index is 3.09. The third kappa shape index (κ3) is 3.86. The van der Waals surface area contributed by atoms with Gasteiger partial charge in [0.15, 0.2) is 0 Å². The first-order valence-electron chi connectivity index (χ1n) is 5.10. The van der Waals surface area contributed by atoms with Crippen LogP contribution >= 0.6 is 22.6 Å². The topological polar surface area (TPSA) is 55.0 Å². The van der Waals surface area contributed by atoms with Crippen LogP contribution < -0.4 is 5.56 Å². The highest BCUT2D eigenvalue weighted by Crippen LogP contribution is 2.18. The van der Waals surface area contributed by atoms with Crippen molar-refractivity contribution in [2.45, 2.75) is 33.8 Å². The number of rotatable bonds is 3. The fraction of sp³-hybridized carbons (Fsp3) is 0.636. The Morgan fingerprint density at radius 1 is 1.44 bits per heavy atom. The van der Waals surface area contributed by atoms with Gasteiger partial charge in [0.25, 0.3) is 5.56 Å². The molecule has 0 spiro atoms. The lowest BCUT2D eigenvalue weighted by Crippen LogP contribution is -2.22. The van der Waals surface area contributed by atoms with E-state index in [2.05, 4.69) is 30.7 Å². The zero-order chi connectivity index (χ0) is 12.3. The van der Waals surface area contributed by atoms with Crippen molar-refractivity contribution >= 4 is 22.6 Å². The molecule has 0 fully saturated rings. The Kier molecular flexibility index (Phi) is 4.49. The zero-order valence-corrected chi connectivity index (χ0v) is 12.2. The highest BCUT2D eigenvalue weighted by molar-refractivity contribution is 14.1. The van der Waals surface area contributed by atoms with E-state index in [0.29, 0.717) is 15.9 Å². The number of hydrogen-bond acceptors (Lipinski definition) is 3.